The Morgan fingerprint density at radius 1 is 1.00 bits per heavy atom. The van der Waals surface area contributed by atoms with E-state index in [9.17, 15) is 0 Å². The van der Waals surface area contributed by atoms with Crippen LogP contribution in [0, 0.1) is 29.6 Å². The first kappa shape index (κ1) is 15.4. The average molecular weight is 265 g/mol. The van der Waals surface area contributed by atoms with Crippen LogP contribution in [-0.2, 0) is 0 Å². The van der Waals surface area contributed by atoms with Gasteiger partial charge in [0.25, 0.3) is 0 Å². The van der Waals surface area contributed by atoms with Crippen LogP contribution in [0.5, 0.6) is 0 Å². The van der Waals surface area contributed by atoms with Crippen molar-refractivity contribution in [3.8, 4) is 0 Å². The molecule has 2 fully saturated rings. The normalized spacial score (nSPS) is 34.4. The van der Waals surface area contributed by atoms with Gasteiger partial charge < -0.3 is 4.90 Å². The van der Waals surface area contributed by atoms with Gasteiger partial charge in [0, 0.05) is 6.54 Å². The first-order chi connectivity index (χ1) is 9.11. The van der Waals surface area contributed by atoms with Crippen LogP contribution in [0.2, 0.25) is 0 Å². The van der Waals surface area contributed by atoms with Crippen molar-refractivity contribution in [1.82, 2.24) is 4.90 Å². The second-order valence-electron chi connectivity index (χ2n) is 7.71. The molecule has 112 valence electrons. The molecule has 0 aliphatic heterocycles. The highest BCUT2D eigenvalue weighted by molar-refractivity contribution is 4.94. The summed E-state index contributed by atoms with van der Waals surface area (Å²) in [6.45, 7) is 9.76. The molecule has 0 N–H and O–H groups in total. The Morgan fingerprint density at radius 2 is 1.63 bits per heavy atom. The van der Waals surface area contributed by atoms with Crippen LogP contribution in [0.25, 0.3) is 0 Å². The van der Waals surface area contributed by atoms with Crippen LogP contribution in [0.15, 0.2) is 0 Å². The highest BCUT2D eigenvalue weighted by Crippen LogP contribution is 2.51. The van der Waals surface area contributed by atoms with Gasteiger partial charge >= 0.3 is 0 Å². The molecule has 0 spiro atoms. The summed E-state index contributed by atoms with van der Waals surface area (Å²) in [6.07, 6.45) is 10.3. The van der Waals surface area contributed by atoms with Crippen molar-refractivity contribution in [3.05, 3.63) is 0 Å². The van der Waals surface area contributed by atoms with E-state index in [1.165, 1.54) is 58.0 Å². The van der Waals surface area contributed by atoms with Crippen LogP contribution < -0.4 is 0 Å². The van der Waals surface area contributed by atoms with Crippen molar-refractivity contribution in [1.29, 1.82) is 0 Å². The minimum atomic E-state index is 0.865. The first-order valence-corrected chi connectivity index (χ1v) is 8.80. The molecule has 0 radical (unpaired) electrons. The molecule has 2 rings (SSSR count). The summed E-state index contributed by atoms with van der Waals surface area (Å²) in [5.74, 6) is 5.13. The van der Waals surface area contributed by atoms with Crippen molar-refractivity contribution in [2.75, 3.05) is 20.1 Å². The Morgan fingerprint density at radius 3 is 2.26 bits per heavy atom. The summed E-state index contributed by atoms with van der Waals surface area (Å²) in [5.41, 5.74) is 0. The van der Waals surface area contributed by atoms with Gasteiger partial charge in [-0.05, 0) is 81.7 Å². The van der Waals surface area contributed by atoms with E-state index < -0.39 is 0 Å². The van der Waals surface area contributed by atoms with E-state index in [0.717, 1.165) is 29.6 Å². The summed E-state index contributed by atoms with van der Waals surface area (Å²) in [4.78, 5) is 2.62. The third-order valence-corrected chi connectivity index (χ3v) is 5.89. The molecular weight excluding hydrogens is 230 g/mol. The van der Waals surface area contributed by atoms with E-state index in [1.54, 1.807) is 0 Å². The van der Waals surface area contributed by atoms with Gasteiger partial charge in [-0.3, -0.25) is 0 Å². The second-order valence-corrected chi connectivity index (χ2v) is 7.71. The predicted molar refractivity (Wildman–Crippen MR) is 84.3 cm³/mol. The minimum absolute atomic E-state index is 0.865. The largest absolute Gasteiger partial charge is 0.306 e. The lowest BCUT2D eigenvalue weighted by Crippen LogP contribution is -2.29. The zero-order valence-electron chi connectivity index (χ0n) is 13.7. The number of fused-ring (bicyclic) bond motifs is 1. The maximum atomic E-state index is 2.62. The summed E-state index contributed by atoms with van der Waals surface area (Å²) in [7, 11) is 2.35. The molecule has 0 aromatic rings. The molecule has 4 atom stereocenters. The highest BCUT2D eigenvalue weighted by Gasteiger charge is 2.43. The maximum Gasteiger partial charge on any atom is 0.000936 e. The third kappa shape index (κ3) is 3.97. The molecule has 0 bridgehead atoms. The predicted octanol–water partition coefficient (Wildman–Crippen LogP) is 4.82. The fourth-order valence-corrected chi connectivity index (χ4v) is 4.83. The quantitative estimate of drug-likeness (QED) is 0.638. The van der Waals surface area contributed by atoms with Crippen LogP contribution in [0.3, 0.4) is 0 Å². The second kappa shape index (κ2) is 7.11. The Kier molecular flexibility index (Phi) is 5.74. The topological polar surface area (TPSA) is 3.24 Å². The molecule has 4 unspecified atom stereocenters. The van der Waals surface area contributed by atoms with Crippen molar-refractivity contribution in [2.24, 2.45) is 29.6 Å². The minimum Gasteiger partial charge on any atom is -0.306 e. The molecule has 0 aromatic carbocycles. The third-order valence-electron chi connectivity index (χ3n) is 5.89. The van der Waals surface area contributed by atoms with Crippen molar-refractivity contribution in [3.63, 3.8) is 0 Å². The van der Waals surface area contributed by atoms with Gasteiger partial charge in [0.2, 0.25) is 0 Å². The molecule has 0 saturated heterocycles. The molecule has 2 aliphatic carbocycles. The van der Waals surface area contributed by atoms with Crippen molar-refractivity contribution in [2.45, 2.75) is 65.7 Å². The zero-order valence-corrected chi connectivity index (χ0v) is 13.7. The molecule has 2 saturated carbocycles. The van der Waals surface area contributed by atoms with Crippen LogP contribution >= 0.6 is 0 Å². The number of rotatable bonds is 7. The van der Waals surface area contributed by atoms with E-state index in [-0.39, 0.29) is 0 Å². The van der Waals surface area contributed by atoms with Gasteiger partial charge in [-0.25, -0.2) is 0 Å². The number of hydrogen-bond acceptors (Lipinski definition) is 1. The van der Waals surface area contributed by atoms with E-state index in [4.69, 9.17) is 0 Å². The van der Waals surface area contributed by atoms with Gasteiger partial charge in [0.1, 0.15) is 0 Å². The van der Waals surface area contributed by atoms with E-state index in [0.29, 0.717) is 0 Å². The van der Waals surface area contributed by atoms with Gasteiger partial charge in [-0.1, -0.05) is 27.2 Å². The van der Waals surface area contributed by atoms with Gasteiger partial charge in [-0.15, -0.1) is 0 Å². The Hall–Kier alpha value is -0.0400. The zero-order chi connectivity index (χ0) is 13.8. The number of nitrogens with zero attached hydrogens (tertiary/aromatic N) is 1. The van der Waals surface area contributed by atoms with Crippen LogP contribution in [-0.4, -0.2) is 25.0 Å². The molecule has 0 aromatic heterocycles. The molecule has 0 heterocycles. The van der Waals surface area contributed by atoms with E-state index in [2.05, 4.69) is 32.7 Å². The molecule has 0 amide bonds. The molecule has 1 heteroatoms. The maximum absolute atomic E-state index is 2.62. The summed E-state index contributed by atoms with van der Waals surface area (Å²) in [6, 6.07) is 0. The van der Waals surface area contributed by atoms with Gasteiger partial charge in [0.05, 0.1) is 0 Å². The fraction of sp³-hybridized carbons (Fsp3) is 1.00. The summed E-state index contributed by atoms with van der Waals surface area (Å²) < 4.78 is 0. The standard InChI is InChI=1S/C18H35N/c1-5-15-8-10-18-16(9-11-17(15)18)13-19(4)12-6-7-14(2)3/h14-18H,5-13H2,1-4H3. The summed E-state index contributed by atoms with van der Waals surface area (Å²) in [5, 5.41) is 0. The van der Waals surface area contributed by atoms with Crippen LogP contribution in [0.4, 0.5) is 0 Å². The SMILES string of the molecule is CCC1CCC2C(CN(C)CCCC(C)C)CCC12. The van der Waals surface area contributed by atoms with Gasteiger partial charge in [-0.2, -0.15) is 0 Å². The lowest BCUT2D eigenvalue weighted by Gasteiger charge is -2.25. The van der Waals surface area contributed by atoms with Crippen LogP contribution in [0.1, 0.15) is 65.7 Å². The Labute approximate surface area is 121 Å². The monoisotopic (exact) mass is 265 g/mol. The lowest BCUT2D eigenvalue weighted by molar-refractivity contribution is 0.221. The lowest BCUT2D eigenvalue weighted by atomic mass is 9.87. The van der Waals surface area contributed by atoms with Gasteiger partial charge in [0.15, 0.2) is 0 Å². The molecular formula is C18H35N. The average Bonchev–Trinajstić information content (AvgIpc) is 2.91. The summed E-state index contributed by atoms with van der Waals surface area (Å²) >= 11 is 0. The molecule has 19 heavy (non-hydrogen) atoms. The molecule has 2 aliphatic rings. The highest BCUT2D eigenvalue weighted by atomic mass is 15.1. The van der Waals surface area contributed by atoms with Crippen molar-refractivity contribution >= 4 is 0 Å². The number of hydrogen-bond donors (Lipinski definition) is 0. The first-order valence-electron chi connectivity index (χ1n) is 8.80. The smallest absolute Gasteiger partial charge is 0.000936 e. The fourth-order valence-electron chi connectivity index (χ4n) is 4.83. The molecule has 1 nitrogen and oxygen atoms in total. The van der Waals surface area contributed by atoms with E-state index >= 15 is 0 Å². The Bertz CT molecular complexity index is 260. The van der Waals surface area contributed by atoms with E-state index in [1.807, 2.05) is 0 Å². The Balaban J connectivity index is 1.72. The van der Waals surface area contributed by atoms with Crippen molar-refractivity contribution < 1.29 is 0 Å².